The summed E-state index contributed by atoms with van der Waals surface area (Å²) >= 11 is 0. The summed E-state index contributed by atoms with van der Waals surface area (Å²) in [6, 6.07) is 4.83. The van der Waals surface area contributed by atoms with Gasteiger partial charge in [-0.05, 0) is 18.6 Å². The highest BCUT2D eigenvalue weighted by atomic mass is 16.7. The highest BCUT2D eigenvalue weighted by Crippen LogP contribution is 2.34. The van der Waals surface area contributed by atoms with Crippen LogP contribution in [0.25, 0.3) is 0 Å². The van der Waals surface area contributed by atoms with Crippen molar-refractivity contribution in [1.29, 1.82) is 0 Å². The lowest BCUT2D eigenvalue weighted by atomic mass is 10.2. The molecule has 0 radical (unpaired) electrons. The van der Waals surface area contributed by atoms with E-state index in [1.54, 1.807) is 25.2 Å². The lowest BCUT2D eigenvalue weighted by Gasteiger charge is -2.19. The van der Waals surface area contributed by atoms with Crippen LogP contribution in [0.15, 0.2) is 18.2 Å². The summed E-state index contributed by atoms with van der Waals surface area (Å²) in [5, 5.41) is 2.80. The second kappa shape index (κ2) is 4.46. The third-order valence-electron chi connectivity index (χ3n) is 3.44. The Morgan fingerprint density at radius 3 is 2.89 bits per heavy atom. The molecule has 0 bridgehead atoms. The van der Waals surface area contributed by atoms with E-state index in [0.717, 1.165) is 0 Å². The lowest BCUT2D eigenvalue weighted by Crippen LogP contribution is -2.38. The fourth-order valence-corrected chi connectivity index (χ4v) is 2.31. The van der Waals surface area contributed by atoms with Crippen LogP contribution in [0.5, 0.6) is 11.5 Å². The second-order valence-electron chi connectivity index (χ2n) is 4.62. The number of nitrogens with one attached hydrogen (secondary N) is 1. The maximum Gasteiger partial charge on any atom is 0.247 e. The zero-order valence-corrected chi connectivity index (χ0v) is 10.5. The van der Waals surface area contributed by atoms with Gasteiger partial charge < -0.3 is 19.7 Å². The van der Waals surface area contributed by atoms with E-state index >= 15 is 0 Å². The number of carbonyl (C=O) groups excluding carboxylic acids is 2. The number of fused-ring (bicyclic) bond motifs is 1. The number of amides is 2. The summed E-state index contributed by atoms with van der Waals surface area (Å²) in [6.45, 7) is 0.201. The summed E-state index contributed by atoms with van der Waals surface area (Å²) in [7, 11) is 1.65. The van der Waals surface area contributed by atoms with Gasteiger partial charge in [0.25, 0.3) is 0 Å². The van der Waals surface area contributed by atoms with Gasteiger partial charge in [0, 0.05) is 25.2 Å². The first kappa shape index (κ1) is 11.8. The number of ether oxygens (including phenoxy) is 2. The molecule has 0 saturated carbocycles. The summed E-state index contributed by atoms with van der Waals surface area (Å²) in [4.78, 5) is 25.0. The zero-order chi connectivity index (χ0) is 13.4. The SMILES string of the molecule is CN1C(=O)CCC1C(=O)Nc1ccc2c(c1)OCO2. The average Bonchev–Trinajstić information content (AvgIpc) is 2.97. The average molecular weight is 262 g/mol. The normalized spacial score (nSPS) is 20.8. The third kappa shape index (κ3) is 2.09. The fraction of sp³-hybridized carbons (Fsp3) is 0.385. The first-order valence-corrected chi connectivity index (χ1v) is 6.11. The highest BCUT2D eigenvalue weighted by molar-refractivity contribution is 5.99. The van der Waals surface area contributed by atoms with E-state index in [-0.39, 0.29) is 18.6 Å². The number of likely N-dealkylation sites (tertiary alicyclic amines) is 1. The molecule has 0 aromatic heterocycles. The van der Waals surface area contributed by atoms with E-state index in [2.05, 4.69) is 5.32 Å². The van der Waals surface area contributed by atoms with Gasteiger partial charge in [-0.25, -0.2) is 0 Å². The second-order valence-corrected chi connectivity index (χ2v) is 4.62. The Morgan fingerprint density at radius 1 is 1.37 bits per heavy atom. The number of nitrogens with zero attached hydrogens (tertiary/aromatic N) is 1. The van der Waals surface area contributed by atoms with E-state index in [0.29, 0.717) is 30.0 Å². The molecule has 6 heteroatoms. The quantitative estimate of drug-likeness (QED) is 0.862. The number of hydrogen-bond donors (Lipinski definition) is 1. The molecule has 1 N–H and O–H groups in total. The summed E-state index contributed by atoms with van der Waals surface area (Å²) < 4.78 is 10.4. The minimum Gasteiger partial charge on any atom is -0.454 e. The number of benzene rings is 1. The standard InChI is InChI=1S/C13H14N2O4/c1-15-9(3-5-12(15)16)13(17)14-8-2-4-10-11(6-8)19-7-18-10/h2,4,6,9H,3,5,7H2,1H3,(H,14,17). The molecule has 1 aromatic carbocycles. The van der Waals surface area contributed by atoms with Gasteiger partial charge in [-0.15, -0.1) is 0 Å². The van der Waals surface area contributed by atoms with Crippen LogP contribution in [-0.4, -0.2) is 36.6 Å². The van der Waals surface area contributed by atoms with Crippen LogP contribution < -0.4 is 14.8 Å². The van der Waals surface area contributed by atoms with E-state index in [1.807, 2.05) is 0 Å². The number of likely N-dealkylation sites (N-methyl/N-ethyl adjacent to an activating group) is 1. The Balaban J connectivity index is 1.71. The molecule has 100 valence electrons. The fourth-order valence-electron chi connectivity index (χ4n) is 2.31. The summed E-state index contributed by atoms with van der Waals surface area (Å²) in [5.41, 5.74) is 0.641. The highest BCUT2D eigenvalue weighted by Gasteiger charge is 2.33. The van der Waals surface area contributed by atoms with Crippen molar-refractivity contribution in [3.05, 3.63) is 18.2 Å². The number of anilines is 1. The predicted octanol–water partition coefficient (Wildman–Crippen LogP) is 0.975. The number of hydrogen-bond acceptors (Lipinski definition) is 4. The lowest BCUT2D eigenvalue weighted by molar-refractivity contribution is -0.131. The Kier molecular flexibility index (Phi) is 2.77. The predicted molar refractivity (Wildman–Crippen MR) is 67.0 cm³/mol. The van der Waals surface area contributed by atoms with Crippen molar-refractivity contribution in [2.45, 2.75) is 18.9 Å². The summed E-state index contributed by atoms with van der Waals surface area (Å²) in [6.07, 6.45) is 0.988. The molecule has 1 unspecified atom stereocenters. The first-order valence-electron chi connectivity index (χ1n) is 6.11. The molecule has 1 fully saturated rings. The molecule has 1 aromatic rings. The molecule has 3 rings (SSSR count). The molecule has 2 heterocycles. The van der Waals surface area contributed by atoms with Gasteiger partial charge in [-0.1, -0.05) is 0 Å². The molecular weight excluding hydrogens is 248 g/mol. The molecular formula is C13H14N2O4. The van der Waals surface area contributed by atoms with Crippen molar-refractivity contribution >= 4 is 17.5 Å². The van der Waals surface area contributed by atoms with Crippen LogP contribution in [0.3, 0.4) is 0 Å². The van der Waals surface area contributed by atoms with E-state index in [9.17, 15) is 9.59 Å². The van der Waals surface area contributed by atoms with Gasteiger partial charge in [-0.3, -0.25) is 9.59 Å². The minimum atomic E-state index is -0.391. The van der Waals surface area contributed by atoms with Crippen molar-refractivity contribution in [3.63, 3.8) is 0 Å². The van der Waals surface area contributed by atoms with Crippen molar-refractivity contribution in [2.24, 2.45) is 0 Å². The van der Waals surface area contributed by atoms with Crippen molar-refractivity contribution in [1.82, 2.24) is 4.90 Å². The van der Waals surface area contributed by atoms with Gasteiger partial charge in [0.05, 0.1) is 0 Å². The first-order chi connectivity index (χ1) is 9.15. The monoisotopic (exact) mass is 262 g/mol. The Labute approximate surface area is 110 Å². The van der Waals surface area contributed by atoms with Crippen molar-refractivity contribution in [2.75, 3.05) is 19.2 Å². The molecule has 1 atom stereocenters. The van der Waals surface area contributed by atoms with Gasteiger partial charge in [0.2, 0.25) is 18.6 Å². The molecule has 0 spiro atoms. The number of rotatable bonds is 2. The Bertz CT molecular complexity index is 543. The molecule has 0 aliphatic carbocycles. The van der Waals surface area contributed by atoms with Gasteiger partial charge in [0.15, 0.2) is 11.5 Å². The maximum absolute atomic E-state index is 12.1. The van der Waals surface area contributed by atoms with E-state index in [4.69, 9.17) is 9.47 Å². The zero-order valence-electron chi connectivity index (χ0n) is 10.5. The largest absolute Gasteiger partial charge is 0.454 e. The molecule has 19 heavy (non-hydrogen) atoms. The smallest absolute Gasteiger partial charge is 0.247 e. The topological polar surface area (TPSA) is 67.9 Å². The Morgan fingerprint density at radius 2 is 2.16 bits per heavy atom. The van der Waals surface area contributed by atoms with Gasteiger partial charge in [0.1, 0.15) is 6.04 Å². The minimum absolute atomic E-state index is 0.00540. The van der Waals surface area contributed by atoms with Crippen molar-refractivity contribution in [3.8, 4) is 11.5 Å². The number of carbonyl (C=O) groups is 2. The van der Waals surface area contributed by atoms with E-state index in [1.165, 1.54) is 4.90 Å². The van der Waals surface area contributed by atoms with Crippen LogP contribution in [0.1, 0.15) is 12.8 Å². The molecule has 6 nitrogen and oxygen atoms in total. The molecule has 2 aliphatic heterocycles. The van der Waals surface area contributed by atoms with Crippen LogP contribution in [0.2, 0.25) is 0 Å². The van der Waals surface area contributed by atoms with Crippen LogP contribution in [0.4, 0.5) is 5.69 Å². The van der Waals surface area contributed by atoms with Gasteiger partial charge >= 0.3 is 0 Å². The van der Waals surface area contributed by atoms with Crippen molar-refractivity contribution < 1.29 is 19.1 Å². The third-order valence-corrected chi connectivity index (χ3v) is 3.44. The van der Waals surface area contributed by atoms with E-state index < -0.39 is 6.04 Å². The molecule has 2 amide bonds. The van der Waals surface area contributed by atoms with Crippen LogP contribution >= 0.6 is 0 Å². The molecule has 2 aliphatic rings. The summed E-state index contributed by atoms with van der Waals surface area (Å²) in [5.74, 6) is 1.12. The van der Waals surface area contributed by atoms with Crippen LogP contribution in [0, 0.1) is 0 Å². The molecule has 1 saturated heterocycles. The van der Waals surface area contributed by atoms with Crippen LogP contribution in [-0.2, 0) is 9.59 Å². The van der Waals surface area contributed by atoms with Gasteiger partial charge in [-0.2, -0.15) is 0 Å². The maximum atomic E-state index is 12.1. The Hall–Kier alpha value is -2.24.